The van der Waals surface area contributed by atoms with Gasteiger partial charge in [0, 0.05) is 25.2 Å². The van der Waals surface area contributed by atoms with E-state index in [1.54, 1.807) is 0 Å². The Morgan fingerprint density at radius 1 is 1.40 bits per heavy atom. The summed E-state index contributed by atoms with van der Waals surface area (Å²) in [5.74, 6) is 1.28. The van der Waals surface area contributed by atoms with Crippen molar-refractivity contribution in [3.05, 3.63) is 29.8 Å². The van der Waals surface area contributed by atoms with Crippen molar-refractivity contribution in [1.29, 1.82) is 0 Å². The fraction of sp³-hybridized carbons (Fsp3) is 0.533. The molecule has 0 spiro atoms. The number of nitrogens with two attached hydrogens (primary N) is 1. The minimum Gasteiger partial charge on any atom is -0.399 e. The SMILES string of the molecule is CSCCC(C)N(C)C(=O)CCc1ccccc1N.Cl. The van der Waals surface area contributed by atoms with Gasteiger partial charge in [-0.2, -0.15) is 11.8 Å². The average molecular weight is 317 g/mol. The molecule has 0 saturated heterocycles. The first-order valence-corrected chi connectivity index (χ1v) is 8.03. The summed E-state index contributed by atoms with van der Waals surface area (Å²) in [4.78, 5) is 14.0. The highest BCUT2D eigenvalue weighted by atomic mass is 35.5. The Morgan fingerprint density at radius 2 is 2.05 bits per heavy atom. The molecule has 1 atom stereocenters. The van der Waals surface area contributed by atoms with Crippen LogP contribution in [0.4, 0.5) is 5.69 Å². The minimum absolute atomic E-state index is 0. The van der Waals surface area contributed by atoms with Crippen molar-refractivity contribution < 1.29 is 4.79 Å². The van der Waals surface area contributed by atoms with Crippen molar-refractivity contribution in [1.82, 2.24) is 4.90 Å². The largest absolute Gasteiger partial charge is 0.399 e. The molecule has 0 bridgehead atoms. The highest BCUT2D eigenvalue weighted by Gasteiger charge is 2.15. The maximum Gasteiger partial charge on any atom is 0.222 e. The Kier molecular flexibility index (Phi) is 9.51. The van der Waals surface area contributed by atoms with Crippen molar-refractivity contribution in [3.8, 4) is 0 Å². The van der Waals surface area contributed by atoms with Gasteiger partial charge < -0.3 is 10.6 Å². The number of carbonyl (C=O) groups is 1. The van der Waals surface area contributed by atoms with Crippen molar-refractivity contribution in [2.75, 3.05) is 24.8 Å². The molecule has 1 aromatic carbocycles. The van der Waals surface area contributed by atoms with E-state index in [0.29, 0.717) is 18.9 Å². The van der Waals surface area contributed by atoms with E-state index in [9.17, 15) is 4.79 Å². The van der Waals surface area contributed by atoms with Gasteiger partial charge in [0.1, 0.15) is 0 Å². The smallest absolute Gasteiger partial charge is 0.222 e. The molecule has 0 aliphatic heterocycles. The minimum atomic E-state index is 0. The number of anilines is 1. The van der Waals surface area contributed by atoms with Gasteiger partial charge in [-0.1, -0.05) is 18.2 Å². The van der Waals surface area contributed by atoms with Crippen LogP contribution in [0.25, 0.3) is 0 Å². The summed E-state index contributed by atoms with van der Waals surface area (Å²) in [5, 5.41) is 0. The van der Waals surface area contributed by atoms with Crippen LogP contribution < -0.4 is 5.73 Å². The Balaban J connectivity index is 0.00000361. The number of nitrogens with zero attached hydrogens (tertiary/aromatic N) is 1. The molecule has 0 aliphatic carbocycles. The summed E-state index contributed by atoms with van der Waals surface area (Å²) >= 11 is 1.82. The molecule has 0 saturated carbocycles. The normalized spacial score (nSPS) is 11.6. The molecule has 0 aliphatic rings. The molecule has 1 aromatic rings. The van der Waals surface area contributed by atoms with Gasteiger partial charge in [0.25, 0.3) is 0 Å². The summed E-state index contributed by atoms with van der Waals surface area (Å²) in [5.41, 5.74) is 7.71. The molecule has 1 amide bonds. The zero-order valence-electron chi connectivity index (χ0n) is 12.5. The zero-order chi connectivity index (χ0) is 14.3. The lowest BCUT2D eigenvalue weighted by Crippen LogP contribution is -2.35. The molecule has 2 N–H and O–H groups in total. The number of rotatable bonds is 7. The number of amides is 1. The van der Waals surface area contributed by atoms with Crippen molar-refractivity contribution in [2.24, 2.45) is 0 Å². The quantitative estimate of drug-likeness (QED) is 0.786. The molecular weight excluding hydrogens is 292 g/mol. The fourth-order valence-corrected chi connectivity index (χ4v) is 2.48. The van der Waals surface area contributed by atoms with E-state index in [2.05, 4.69) is 13.2 Å². The van der Waals surface area contributed by atoms with Crippen LogP contribution in [0.2, 0.25) is 0 Å². The van der Waals surface area contributed by atoms with E-state index >= 15 is 0 Å². The summed E-state index contributed by atoms with van der Waals surface area (Å²) in [6, 6.07) is 8.04. The van der Waals surface area contributed by atoms with E-state index in [-0.39, 0.29) is 18.3 Å². The fourth-order valence-electron chi connectivity index (χ4n) is 1.91. The molecule has 0 aromatic heterocycles. The highest BCUT2D eigenvalue weighted by Crippen LogP contribution is 2.14. The van der Waals surface area contributed by atoms with E-state index in [1.807, 2.05) is 48.0 Å². The third-order valence-electron chi connectivity index (χ3n) is 3.46. The van der Waals surface area contributed by atoms with Crippen molar-refractivity contribution in [3.63, 3.8) is 0 Å². The number of carbonyl (C=O) groups excluding carboxylic acids is 1. The number of thioether (sulfide) groups is 1. The Morgan fingerprint density at radius 3 is 2.65 bits per heavy atom. The van der Waals surface area contributed by atoms with Crippen LogP contribution in [0, 0.1) is 0 Å². The second-order valence-corrected chi connectivity index (χ2v) is 5.82. The van der Waals surface area contributed by atoms with Crippen LogP contribution in [0.5, 0.6) is 0 Å². The first-order chi connectivity index (χ1) is 9.06. The highest BCUT2D eigenvalue weighted by molar-refractivity contribution is 7.98. The Bertz CT molecular complexity index is 415. The number of para-hydroxylation sites is 1. The molecule has 114 valence electrons. The maximum atomic E-state index is 12.1. The molecule has 1 rings (SSSR count). The van der Waals surface area contributed by atoms with Crippen LogP contribution in [0.1, 0.15) is 25.3 Å². The average Bonchev–Trinajstić information content (AvgIpc) is 2.42. The van der Waals surface area contributed by atoms with Crippen LogP contribution in [-0.4, -0.2) is 35.9 Å². The second-order valence-electron chi connectivity index (χ2n) is 4.83. The molecule has 0 heterocycles. The number of benzene rings is 1. The predicted octanol–water partition coefficient (Wildman–Crippen LogP) is 3.22. The van der Waals surface area contributed by atoms with E-state index < -0.39 is 0 Å². The van der Waals surface area contributed by atoms with Gasteiger partial charge in [0.05, 0.1) is 0 Å². The van der Waals surface area contributed by atoms with Crippen LogP contribution in [0.3, 0.4) is 0 Å². The predicted molar refractivity (Wildman–Crippen MR) is 91.7 cm³/mol. The van der Waals surface area contributed by atoms with E-state index in [4.69, 9.17) is 5.73 Å². The number of halogens is 1. The topological polar surface area (TPSA) is 46.3 Å². The molecule has 3 nitrogen and oxygen atoms in total. The molecule has 0 radical (unpaired) electrons. The van der Waals surface area contributed by atoms with Gasteiger partial charge in [-0.05, 0) is 43.4 Å². The first-order valence-electron chi connectivity index (χ1n) is 6.64. The lowest BCUT2D eigenvalue weighted by molar-refractivity contribution is -0.131. The summed E-state index contributed by atoms with van der Waals surface area (Å²) in [6.07, 6.45) is 4.36. The number of hydrogen-bond acceptors (Lipinski definition) is 3. The van der Waals surface area contributed by atoms with Gasteiger partial charge in [0.15, 0.2) is 0 Å². The third-order valence-corrected chi connectivity index (χ3v) is 4.10. The van der Waals surface area contributed by atoms with Crippen LogP contribution >= 0.6 is 24.2 Å². The second kappa shape index (κ2) is 9.94. The Labute approximate surface area is 132 Å². The van der Waals surface area contributed by atoms with Gasteiger partial charge in [-0.15, -0.1) is 12.4 Å². The first kappa shape index (κ1) is 19.1. The third kappa shape index (κ3) is 6.06. The van der Waals surface area contributed by atoms with Gasteiger partial charge in [-0.3, -0.25) is 4.79 Å². The number of hydrogen-bond donors (Lipinski definition) is 1. The summed E-state index contributed by atoms with van der Waals surface area (Å²) in [6.45, 7) is 2.10. The molecular formula is C15H25ClN2OS. The molecule has 0 fully saturated rings. The maximum absolute atomic E-state index is 12.1. The van der Waals surface area contributed by atoms with Crippen molar-refractivity contribution >= 4 is 35.8 Å². The standard InChI is InChI=1S/C15H24N2OS.ClH/c1-12(10-11-19-3)17(2)15(18)9-8-13-6-4-5-7-14(13)16;/h4-7,12H,8-11,16H2,1-3H3;1H. The summed E-state index contributed by atoms with van der Waals surface area (Å²) < 4.78 is 0. The van der Waals surface area contributed by atoms with Crippen LogP contribution in [-0.2, 0) is 11.2 Å². The van der Waals surface area contributed by atoms with E-state index in [0.717, 1.165) is 23.4 Å². The van der Waals surface area contributed by atoms with Gasteiger partial charge in [0.2, 0.25) is 5.91 Å². The monoisotopic (exact) mass is 316 g/mol. The van der Waals surface area contributed by atoms with E-state index in [1.165, 1.54) is 0 Å². The number of nitrogen functional groups attached to an aromatic ring is 1. The van der Waals surface area contributed by atoms with Gasteiger partial charge >= 0.3 is 0 Å². The summed E-state index contributed by atoms with van der Waals surface area (Å²) in [7, 11) is 1.89. The van der Waals surface area contributed by atoms with Crippen LogP contribution in [0.15, 0.2) is 24.3 Å². The zero-order valence-corrected chi connectivity index (χ0v) is 14.1. The molecule has 5 heteroatoms. The number of aryl methyl sites for hydroxylation is 1. The van der Waals surface area contributed by atoms with Gasteiger partial charge in [-0.25, -0.2) is 0 Å². The lowest BCUT2D eigenvalue weighted by atomic mass is 10.1. The molecule has 1 unspecified atom stereocenters. The lowest BCUT2D eigenvalue weighted by Gasteiger charge is -2.25. The Hall–Kier alpha value is -0.870. The molecule has 20 heavy (non-hydrogen) atoms. The van der Waals surface area contributed by atoms with Crippen molar-refractivity contribution in [2.45, 2.75) is 32.2 Å².